The molecular formula is C77H137NO8. The second-order valence-corrected chi connectivity index (χ2v) is 25.5. The smallest absolute Gasteiger partial charge is 0.306 e. The van der Waals surface area contributed by atoms with Crippen LogP contribution in [0.5, 0.6) is 0 Å². The van der Waals surface area contributed by atoms with Gasteiger partial charge in [-0.15, -0.1) is 0 Å². The molecule has 0 saturated carbocycles. The van der Waals surface area contributed by atoms with E-state index in [0.717, 1.165) is 89.9 Å². The van der Waals surface area contributed by atoms with Gasteiger partial charge in [0.15, 0.2) is 12.4 Å². The number of allylic oxidation sites excluding steroid dienone is 14. The number of carbonyl (C=O) groups excluding carboxylic acids is 3. The summed E-state index contributed by atoms with van der Waals surface area (Å²) in [7, 11) is 5.94. The predicted octanol–water partition coefficient (Wildman–Crippen LogP) is 21.3. The van der Waals surface area contributed by atoms with Crippen molar-refractivity contribution in [1.82, 2.24) is 0 Å². The molecule has 0 aliphatic rings. The Bertz CT molecular complexity index is 1690. The number of carboxylic acid groups (broad SMARTS) is 1. The normalized spacial score (nSPS) is 13.2. The zero-order chi connectivity index (χ0) is 62.6. The molecule has 0 aromatic heterocycles. The van der Waals surface area contributed by atoms with Crippen LogP contribution in [0.15, 0.2) is 85.1 Å². The Morgan fingerprint density at radius 3 is 0.988 bits per heavy atom. The van der Waals surface area contributed by atoms with Crippen LogP contribution in [-0.2, 0) is 33.3 Å². The van der Waals surface area contributed by atoms with Gasteiger partial charge in [0, 0.05) is 12.8 Å². The molecule has 9 heteroatoms. The van der Waals surface area contributed by atoms with Crippen LogP contribution in [-0.4, -0.2) is 82.3 Å². The van der Waals surface area contributed by atoms with Crippen LogP contribution in [0.1, 0.15) is 328 Å². The summed E-state index contributed by atoms with van der Waals surface area (Å²) in [6.07, 6.45) is 88.1. The van der Waals surface area contributed by atoms with E-state index in [4.69, 9.17) is 18.9 Å². The maximum atomic E-state index is 12.9. The Morgan fingerprint density at radius 2 is 0.663 bits per heavy atom. The summed E-state index contributed by atoms with van der Waals surface area (Å²) in [5.74, 6) is -2.27. The third-order valence-electron chi connectivity index (χ3n) is 15.9. The molecule has 9 nitrogen and oxygen atoms in total. The number of quaternary nitrogens is 1. The summed E-state index contributed by atoms with van der Waals surface area (Å²) in [6.45, 7) is 4.68. The van der Waals surface area contributed by atoms with E-state index in [1.54, 1.807) is 0 Å². The van der Waals surface area contributed by atoms with Crippen LogP contribution < -0.4 is 5.11 Å². The molecule has 0 N–H and O–H groups in total. The first-order valence-corrected chi connectivity index (χ1v) is 36.2. The Hall–Kier alpha value is -3.53. The number of hydrogen-bond donors (Lipinski definition) is 0. The number of carbonyl (C=O) groups is 3. The van der Waals surface area contributed by atoms with Crippen LogP contribution in [0, 0.1) is 0 Å². The van der Waals surface area contributed by atoms with Crippen molar-refractivity contribution in [2.75, 3.05) is 47.5 Å². The van der Waals surface area contributed by atoms with E-state index < -0.39 is 24.3 Å². The lowest BCUT2D eigenvalue weighted by Gasteiger charge is -2.26. The largest absolute Gasteiger partial charge is 0.545 e. The van der Waals surface area contributed by atoms with Crippen molar-refractivity contribution >= 4 is 17.9 Å². The highest BCUT2D eigenvalue weighted by Crippen LogP contribution is 2.18. The quantitative estimate of drug-likeness (QED) is 0.0195. The van der Waals surface area contributed by atoms with Gasteiger partial charge in [0.1, 0.15) is 13.2 Å². The van der Waals surface area contributed by atoms with E-state index in [1.807, 2.05) is 21.1 Å². The zero-order valence-electron chi connectivity index (χ0n) is 56.9. The van der Waals surface area contributed by atoms with Gasteiger partial charge in [-0.3, -0.25) is 9.59 Å². The molecule has 0 amide bonds. The average Bonchev–Trinajstić information content (AvgIpc) is 3.64. The number of ether oxygens (including phenoxy) is 4. The first-order valence-electron chi connectivity index (χ1n) is 36.2. The lowest BCUT2D eigenvalue weighted by Crippen LogP contribution is -2.44. The highest BCUT2D eigenvalue weighted by molar-refractivity contribution is 5.70. The van der Waals surface area contributed by atoms with Gasteiger partial charge < -0.3 is 33.3 Å². The Kier molecular flexibility index (Phi) is 64.6. The monoisotopic (exact) mass is 1200 g/mol. The van der Waals surface area contributed by atoms with E-state index in [0.29, 0.717) is 23.9 Å². The van der Waals surface area contributed by atoms with E-state index in [1.165, 1.54) is 205 Å². The zero-order valence-corrected chi connectivity index (χ0v) is 56.9. The highest BCUT2D eigenvalue weighted by Gasteiger charge is 2.22. The van der Waals surface area contributed by atoms with Crippen molar-refractivity contribution in [1.29, 1.82) is 0 Å². The van der Waals surface area contributed by atoms with Crippen LogP contribution in [0.3, 0.4) is 0 Å². The molecule has 0 fully saturated rings. The van der Waals surface area contributed by atoms with Crippen molar-refractivity contribution in [2.24, 2.45) is 0 Å². The first kappa shape index (κ1) is 82.5. The Morgan fingerprint density at radius 1 is 0.360 bits per heavy atom. The summed E-state index contributed by atoms with van der Waals surface area (Å²) in [5.41, 5.74) is 0. The van der Waals surface area contributed by atoms with Crippen molar-refractivity contribution < 1.29 is 42.9 Å². The maximum Gasteiger partial charge on any atom is 0.306 e. The van der Waals surface area contributed by atoms with E-state index in [2.05, 4.69) is 98.9 Å². The maximum absolute atomic E-state index is 12.9. The molecule has 0 rings (SSSR count). The summed E-state index contributed by atoms with van der Waals surface area (Å²) >= 11 is 0. The molecule has 0 radical (unpaired) electrons. The molecule has 498 valence electrons. The topological polar surface area (TPSA) is 111 Å². The third kappa shape index (κ3) is 68.0. The first-order chi connectivity index (χ1) is 42.1. The highest BCUT2D eigenvalue weighted by atomic mass is 16.7. The van der Waals surface area contributed by atoms with Gasteiger partial charge >= 0.3 is 11.9 Å². The fourth-order valence-electron chi connectivity index (χ4n) is 10.4. The molecule has 0 aromatic carbocycles. The number of likely N-dealkylation sites (N-methyl/N-ethyl adjacent to an activating group) is 1. The van der Waals surface area contributed by atoms with Gasteiger partial charge in [0.05, 0.1) is 40.3 Å². The molecule has 0 bridgehead atoms. The molecule has 0 aliphatic heterocycles. The molecule has 0 saturated heterocycles. The minimum atomic E-state index is -1.63. The fraction of sp³-hybridized carbons (Fsp3) is 0.779. The number of carboxylic acids is 1. The number of unbranched alkanes of at least 4 members (excludes halogenated alkanes) is 38. The van der Waals surface area contributed by atoms with Gasteiger partial charge in [-0.2, -0.15) is 0 Å². The van der Waals surface area contributed by atoms with E-state index in [-0.39, 0.29) is 32.2 Å². The number of esters is 2. The molecule has 2 unspecified atom stereocenters. The molecule has 2 atom stereocenters. The van der Waals surface area contributed by atoms with Crippen molar-refractivity contribution in [3.63, 3.8) is 0 Å². The summed E-state index contributed by atoms with van der Waals surface area (Å²) in [5, 5.41) is 11.8. The van der Waals surface area contributed by atoms with Crippen LogP contribution >= 0.6 is 0 Å². The number of rotatable bonds is 67. The van der Waals surface area contributed by atoms with Gasteiger partial charge in [-0.25, -0.2) is 0 Å². The number of hydrogen-bond acceptors (Lipinski definition) is 8. The van der Waals surface area contributed by atoms with Crippen LogP contribution in [0.25, 0.3) is 0 Å². The minimum absolute atomic E-state index is 0.146. The lowest BCUT2D eigenvalue weighted by molar-refractivity contribution is -0.870. The predicted molar refractivity (Wildman–Crippen MR) is 366 cm³/mol. The van der Waals surface area contributed by atoms with Crippen LogP contribution in [0.2, 0.25) is 0 Å². The lowest BCUT2D eigenvalue weighted by atomic mass is 10.0. The van der Waals surface area contributed by atoms with Crippen molar-refractivity contribution in [3.05, 3.63) is 85.1 Å². The second-order valence-electron chi connectivity index (χ2n) is 25.5. The second kappa shape index (κ2) is 67.4. The van der Waals surface area contributed by atoms with Gasteiger partial charge in [0.2, 0.25) is 0 Å². The fourth-order valence-corrected chi connectivity index (χ4v) is 10.4. The van der Waals surface area contributed by atoms with Gasteiger partial charge in [0.25, 0.3) is 0 Å². The van der Waals surface area contributed by atoms with Crippen molar-refractivity contribution in [3.8, 4) is 0 Å². The molecule has 0 aromatic rings. The standard InChI is InChI=1S/C77H137NO8/c1-6-8-10-12-14-16-18-20-22-24-26-28-30-32-34-36-37-38-39-40-42-44-46-48-50-52-54-56-58-60-62-64-66-68-75(80)86-73(72-85-77(76(81)82)83-70-69-78(3,4)5)71-84-74(79)67-65-63-61-59-57-55-53-51-49-47-45-43-41-35-33-31-29-27-25-23-21-19-17-15-13-11-9-7-2/h8,10,14,16,20,22,26,28,32,34,37-38,40,42,73,77H,6-7,9,11-13,15,17-19,21,23-25,27,29-31,33,35-36,39,41,43-72H2,1-5H3/b10-8-,16-14-,22-20-,28-26-,34-32-,38-37-,42-40-. The van der Waals surface area contributed by atoms with E-state index >= 15 is 0 Å². The number of aliphatic carboxylic acids is 1. The Labute approximate surface area is 531 Å². The number of nitrogens with zero attached hydrogens (tertiary/aromatic N) is 1. The van der Waals surface area contributed by atoms with E-state index in [9.17, 15) is 19.5 Å². The SMILES string of the molecule is CC/C=C\C/C=C\C/C=C\C/C=C\C/C=C\C/C=C\C/C=C\CCCCCCCCCCCCCC(=O)OC(COC(=O)CCCCCCCCCCCCCCCCCCCCCCCCCCCCCC)COC(OCC[N+](C)(C)C)C(=O)[O-]. The summed E-state index contributed by atoms with van der Waals surface area (Å²) < 4.78 is 22.8. The van der Waals surface area contributed by atoms with Crippen molar-refractivity contribution in [2.45, 2.75) is 341 Å². The summed E-state index contributed by atoms with van der Waals surface area (Å²) in [6, 6.07) is 0. The molecule has 0 aliphatic carbocycles. The molecule has 0 spiro atoms. The Balaban J connectivity index is 4.10. The summed E-state index contributed by atoms with van der Waals surface area (Å²) in [4.78, 5) is 37.5. The molecule has 0 heterocycles. The van der Waals surface area contributed by atoms with Gasteiger partial charge in [-0.1, -0.05) is 330 Å². The third-order valence-corrected chi connectivity index (χ3v) is 15.9. The minimum Gasteiger partial charge on any atom is -0.545 e. The average molecular weight is 1200 g/mol. The molecule has 86 heavy (non-hydrogen) atoms. The molecular weight excluding hydrogens is 1070 g/mol. The van der Waals surface area contributed by atoms with Crippen LogP contribution in [0.4, 0.5) is 0 Å². The van der Waals surface area contributed by atoms with Gasteiger partial charge in [-0.05, 0) is 70.6 Å².